The highest BCUT2D eigenvalue weighted by molar-refractivity contribution is 14.0. The topological polar surface area (TPSA) is 61.4 Å². The molecule has 2 aliphatic rings. The third-order valence-corrected chi connectivity index (χ3v) is 6.14. The van der Waals surface area contributed by atoms with E-state index in [4.69, 9.17) is 9.47 Å². The van der Waals surface area contributed by atoms with Crippen LogP contribution in [0.1, 0.15) is 17.5 Å². The molecular formula is C25H36IN5O2. The van der Waals surface area contributed by atoms with Crippen molar-refractivity contribution in [3.63, 3.8) is 0 Å². The first kappa shape index (κ1) is 25.6. The second-order valence-electron chi connectivity index (χ2n) is 8.38. The predicted octanol–water partition coefficient (Wildman–Crippen LogP) is 3.09. The van der Waals surface area contributed by atoms with Crippen LogP contribution in [0.2, 0.25) is 0 Å². The minimum atomic E-state index is 0. The summed E-state index contributed by atoms with van der Waals surface area (Å²) in [5, 5.41) is 7.07. The average Bonchev–Trinajstić information content (AvgIpc) is 3.31. The number of morpholine rings is 1. The number of guanidine groups is 1. The number of para-hydroxylation sites is 2. The number of ether oxygens (including phenoxy) is 2. The van der Waals surface area contributed by atoms with Gasteiger partial charge in [0.25, 0.3) is 0 Å². The number of hydrogen-bond acceptors (Lipinski definition) is 5. The lowest BCUT2D eigenvalue weighted by atomic mass is 10.1. The number of hydrogen-bond donors (Lipinski definition) is 2. The molecule has 0 amide bonds. The Labute approximate surface area is 214 Å². The summed E-state index contributed by atoms with van der Waals surface area (Å²) < 4.78 is 11.0. The zero-order valence-electron chi connectivity index (χ0n) is 19.6. The summed E-state index contributed by atoms with van der Waals surface area (Å²) in [7, 11) is 3.56. The maximum absolute atomic E-state index is 5.53. The van der Waals surface area contributed by atoms with Gasteiger partial charge < -0.3 is 25.0 Å². The van der Waals surface area contributed by atoms with Crippen LogP contribution >= 0.6 is 24.0 Å². The highest BCUT2D eigenvalue weighted by Crippen LogP contribution is 2.30. The molecule has 2 fully saturated rings. The van der Waals surface area contributed by atoms with E-state index in [-0.39, 0.29) is 24.0 Å². The highest BCUT2D eigenvalue weighted by atomic mass is 127. The molecule has 2 N–H and O–H groups in total. The van der Waals surface area contributed by atoms with Crippen LogP contribution in [-0.4, -0.2) is 70.5 Å². The van der Waals surface area contributed by atoms with Crippen LogP contribution in [0.25, 0.3) is 0 Å². The first-order chi connectivity index (χ1) is 15.7. The van der Waals surface area contributed by atoms with Crippen LogP contribution in [0.5, 0.6) is 5.75 Å². The van der Waals surface area contributed by atoms with Crippen molar-refractivity contribution >= 4 is 35.6 Å². The lowest BCUT2D eigenvalue weighted by molar-refractivity contribution is 0.0342. The van der Waals surface area contributed by atoms with E-state index in [1.807, 2.05) is 19.2 Å². The molecule has 7 nitrogen and oxygen atoms in total. The molecule has 2 aliphatic heterocycles. The van der Waals surface area contributed by atoms with E-state index in [1.165, 1.54) is 11.1 Å². The quantitative estimate of drug-likeness (QED) is 0.306. The van der Waals surface area contributed by atoms with E-state index in [0.717, 1.165) is 76.3 Å². The zero-order chi connectivity index (χ0) is 22.2. The maximum atomic E-state index is 5.53. The zero-order valence-corrected chi connectivity index (χ0v) is 22.0. The van der Waals surface area contributed by atoms with Gasteiger partial charge in [-0.2, -0.15) is 0 Å². The van der Waals surface area contributed by atoms with Gasteiger partial charge >= 0.3 is 0 Å². The number of benzene rings is 2. The molecular weight excluding hydrogens is 529 g/mol. The Balaban J connectivity index is 0.00000306. The van der Waals surface area contributed by atoms with Crippen molar-refractivity contribution in [2.24, 2.45) is 4.99 Å². The lowest BCUT2D eigenvalue weighted by Gasteiger charge is -2.26. The summed E-state index contributed by atoms with van der Waals surface area (Å²) in [4.78, 5) is 9.27. The number of nitrogens with zero attached hydrogens (tertiary/aromatic N) is 3. The third-order valence-electron chi connectivity index (χ3n) is 6.14. The first-order valence-corrected chi connectivity index (χ1v) is 11.5. The summed E-state index contributed by atoms with van der Waals surface area (Å²) in [5.74, 6) is 1.77. The van der Waals surface area contributed by atoms with Gasteiger partial charge in [-0.3, -0.25) is 9.89 Å². The molecule has 0 bridgehead atoms. The smallest absolute Gasteiger partial charge is 0.191 e. The molecule has 2 heterocycles. The number of halogens is 1. The third kappa shape index (κ3) is 7.22. The van der Waals surface area contributed by atoms with Crippen molar-refractivity contribution in [1.29, 1.82) is 0 Å². The van der Waals surface area contributed by atoms with E-state index in [9.17, 15) is 0 Å². The van der Waals surface area contributed by atoms with Gasteiger partial charge in [0.05, 0.1) is 26.0 Å². The van der Waals surface area contributed by atoms with Gasteiger partial charge in [0.2, 0.25) is 0 Å². The molecule has 1 atom stereocenters. The minimum Gasteiger partial charge on any atom is -0.495 e. The Bertz CT molecular complexity index is 904. The van der Waals surface area contributed by atoms with Crippen LogP contribution < -0.4 is 20.3 Å². The van der Waals surface area contributed by atoms with Crippen LogP contribution in [-0.2, 0) is 17.8 Å². The molecule has 4 rings (SSSR count). The van der Waals surface area contributed by atoms with Gasteiger partial charge in [0.15, 0.2) is 5.96 Å². The number of methoxy groups -OCH3 is 1. The standard InChI is InChI=1S/C25H35N5O2.HI/c1-26-25(28-22-10-11-30(19-22)23-8-3-4-9-24(23)31-2)27-17-20-6-5-7-21(16-20)18-29-12-14-32-15-13-29;/h3-9,16,22H,10-15,17-19H2,1-2H3,(H2,26,27,28);1H. The number of rotatable bonds is 7. The average molecular weight is 566 g/mol. The van der Waals surface area contributed by atoms with Gasteiger partial charge in [0.1, 0.15) is 5.75 Å². The van der Waals surface area contributed by atoms with Gasteiger partial charge in [-0.05, 0) is 29.7 Å². The molecule has 0 radical (unpaired) electrons. The summed E-state index contributed by atoms with van der Waals surface area (Å²) >= 11 is 0. The molecule has 33 heavy (non-hydrogen) atoms. The molecule has 2 saturated heterocycles. The first-order valence-electron chi connectivity index (χ1n) is 11.5. The molecule has 2 aromatic rings. The normalized spacial score (nSPS) is 19.2. The Kier molecular flexibility index (Phi) is 10.1. The number of anilines is 1. The molecule has 180 valence electrons. The van der Waals surface area contributed by atoms with Crippen molar-refractivity contribution in [1.82, 2.24) is 15.5 Å². The molecule has 0 spiro atoms. The second kappa shape index (κ2) is 13.0. The monoisotopic (exact) mass is 565 g/mol. The fraction of sp³-hybridized carbons (Fsp3) is 0.480. The summed E-state index contributed by atoms with van der Waals surface area (Å²) in [6.45, 7) is 7.33. The Morgan fingerprint density at radius 1 is 1.09 bits per heavy atom. The van der Waals surface area contributed by atoms with Crippen LogP contribution in [0, 0.1) is 0 Å². The van der Waals surface area contributed by atoms with Crippen molar-refractivity contribution in [2.45, 2.75) is 25.6 Å². The van der Waals surface area contributed by atoms with E-state index < -0.39 is 0 Å². The number of nitrogens with one attached hydrogen (secondary N) is 2. The summed E-state index contributed by atoms with van der Waals surface area (Å²) in [6, 6.07) is 17.4. The van der Waals surface area contributed by atoms with E-state index in [0.29, 0.717) is 6.04 Å². The highest BCUT2D eigenvalue weighted by Gasteiger charge is 2.25. The van der Waals surface area contributed by atoms with Crippen molar-refractivity contribution in [2.75, 3.05) is 58.5 Å². The van der Waals surface area contributed by atoms with Crippen molar-refractivity contribution in [3.05, 3.63) is 59.7 Å². The number of aliphatic imine (C=N–C) groups is 1. The Morgan fingerprint density at radius 2 is 1.88 bits per heavy atom. The van der Waals surface area contributed by atoms with E-state index in [2.05, 4.69) is 61.8 Å². The fourth-order valence-corrected chi connectivity index (χ4v) is 4.42. The van der Waals surface area contributed by atoms with Gasteiger partial charge in [-0.15, -0.1) is 24.0 Å². The van der Waals surface area contributed by atoms with Crippen LogP contribution in [0.3, 0.4) is 0 Å². The molecule has 1 unspecified atom stereocenters. The maximum Gasteiger partial charge on any atom is 0.191 e. The SMILES string of the molecule is CN=C(NCc1cccc(CN2CCOCC2)c1)NC1CCN(c2ccccc2OC)C1.I. The largest absolute Gasteiger partial charge is 0.495 e. The summed E-state index contributed by atoms with van der Waals surface area (Å²) in [5.41, 5.74) is 3.76. The fourth-order valence-electron chi connectivity index (χ4n) is 4.42. The van der Waals surface area contributed by atoms with Crippen molar-refractivity contribution in [3.8, 4) is 5.75 Å². The molecule has 8 heteroatoms. The predicted molar refractivity (Wildman–Crippen MR) is 145 cm³/mol. The van der Waals surface area contributed by atoms with Crippen LogP contribution in [0.4, 0.5) is 5.69 Å². The Hall–Kier alpha value is -2.04. The summed E-state index contributed by atoms with van der Waals surface area (Å²) in [6.07, 6.45) is 1.06. The Morgan fingerprint density at radius 3 is 2.67 bits per heavy atom. The van der Waals surface area contributed by atoms with Crippen molar-refractivity contribution < 1.29 is 9.47 Å². The molecule has 0 aliphatic carbocycles. The molecule has 0 saturated carbocycles. The van der Waals surface area contributed by atoms with E-state index in [1.54, 1.807) is 7.11 Å². The van der Waals surface area contributed by atoms with Gasteiger partial charge in [-0.1, -0.05) is 36.4 Å². The van der Waals surface area contributed by atoms with E-state index >= 15 is 0 Å². The van der Waals surface area contributed by atoms with Crippen LogP contribution in [0.15, 0.2) is 53.5 Å². The minimum absolute atomic E-state index is 0. The second-order valence-corrected chi connectivity index (χ2v) is 8.38. The lowest BCUT2D eigenvalue weighted by Crippen LogP contribution is -2.44. The van der Waals surface area contributed by atoms with Gasteiger partial charge in [-0.25, -0.2) is 0 Å². The van der Waals surface area contributed by atoms with Gasteiger partial charge in [0, 0.05) is 52.4 Å². The molecule has 0 aromatic heterocycles. The molecule has 2 aromatic carbocycles.